The molecule has 28 heavy (non-hydrogen) atoms. The van der Waals surface area contributed by atoms with Crippen LogP contribution in [0.4, 0.5) is 26.3 Å². The van der Waals surface area contributed by atoms with E-state index in [1.165, 1.54) is 43.5 Å². The van der Waals surface area contributed by atoms with E-state index in [1.54, 1.807) is 0 Å². The molecule has 0 aliphatic heterocycles. The van der Waals surface area contributed by atoms with Gasteiger partial charge in [0.15, 0.2) is 0 Å². The highest BCUT2D eigenvalue weighted by Crippen LogP contribution is 2.35. The molecule has 0 N–H and O–H groups in total. The SMILES string of the molecule is COc1cc(-c2ccc(C(F)(F)F)cc2)nc(-c2cccc(C(F)(F)F)c2)c1. The highest BCUT2D eigenvalue weighted by Gasteiger charge is 2.31. The van der Waals surface area contributed by atoms with Crippen LogP contribution in [-0.2, 0) is 12.4 Å². The lowest BCUT2D eigenvalue weighted by molar-refractivity contribution is -0.138. The first-order chi connectivity index (χ1) is 13.1. The topological polar surface area (TPSA) is 22.1 Å². The van der Waals surface area contributed by atoms with E-state index in [1.807, 2.05) is 0 Å². The van der Waals surface area contributed by atoms with Crippen molar-refractivity contribution in [2.75, 3.05) is 7.11 Å². The molecule has 3 rings (SSSR count). The van der Waals surface area contributed by atoms with Gasteiger partial charge in [-0.2, -0.15) is 26.3 Å². The van der Waals surface area contributed by atoms with Crippen molar-refractivity contribution in [2.45, 2.75) is 12.4 Å². The molecule has 1 aromatic heterocycles. The molecule has 0 saturated heterocycles. The minimum Gasteiger partial charge on any atom is -0.497 e. The van der Waals surface area contributed by atoms with Gasteiger partial charge in [-0.05, 0) is 24.3 Å². The molecule has 0 aliphatic carbocycles. The minimum absolute atomic E-state index is 0.209. The first-order valence-electron chi connectivity index (χ1n) is 7.99. The monoisotopic (exact) mass is 397 g/mol. The zero-order valence-electron chi connectivity index (χ0n) is 14.4. The van der Waals surface area contributed by atoms with E-state index in [0.717, 1.165) is 24.3 Å². The fourth-order valence-corrected chi connectivity index (χ4v) is 2.60. The summed E-state index contributed by atoms with van der Waals surface area (Å²) >= 11 is 0. The summed E-state index contributed by atoms with van der Waals surface area (Å²) in [5, 5.41) is 0. The van der Waals surface area contributed by atoms with Gasteiger partial charge in [0.25, 0.3) is 0 Å². The third kappa shape index (κ3) is 4.27. The van der Waals surface area contributed by atoms with E-state index in [2.05, 4.69) is 4.98 Å². The first-order valence-corrected chi connectivity index (χ1v) is 7.99. The molecule has 0 spiro atoms. The van der Waals surface area contributed by atoms with Crippen molar-refractivity contribution in [1.82, 2.24) is 4.98 Å². The van der Waals surface area contributed by atoms with Crippen molar-refractivity contribution in [1.29, 1.82) is 0 Å². The molecule has 0 amide bonds. The van der Waals surface area contributed by atoms with Gasteiger partial charge >= 0.3 is 12.4 Å². The van der Waals surface area contributed by atoms with Crippen LogP contribution < -0.4 is 4.74 Å². The Balaban J connectivity index is 2.06. The average Bonchev–Trinajstić information content (AvgIpc) is 2.66. The lowest BCUT2D eigenvalue weighted by Crippen LogP contribution is -2.05. The molecule has 146 valence electrons. The molecule has 0 atom stereocenters. The van der Waals surface area contributed by atoms with E-state index >= 15 is 0 Å². The van der Waals surface area contributed by atoms with Crippen LogP contribution in [0.25, 0.3) is 22.5 Å². The second-order valence-electron chi connectivity index (χ2n) is 5.93. The van der Waals surface area contributed by atoms with Crippen molar-refractivity contribution < 1.29 is 31.1 Å². The molecule has 3 aromatic rings. The summed E-state index contributed by atoms with van der Waals surface area (Å²) in [6.07, 6.45) is -8.98. The highest BCUT2D eigenvalue weighted by molar-refractivity contribution is 5.69. The molecule has 0 unspecified atom stereocenters. The number of pyridine rings is 1. The smallest absolute Gasteiger partial charge is 0.416 e. The number of halogens is 6. The maximum atomic E-state index is 13.0. The first kappa shape index (κ1) is 19.7. The van der Waals surface area contributed by atoms with Gasteiger partial charge in [-0.3, -0.25) is 0 Å². The zero-order chi connectivity index (χ0) is 20.5. The van der Waals surface area contributed by atoms with Gasteiger partial charge in [0.2, 0.25) is 0 Å². The molecule has 0 radical (unpaired) electrons. The number of methoxy groups -OCH3 is 1. The van der Waals surface area contributed by atoms with E-state index < -0.39 is 23.5 Å². The number of hydrogen-bond donors (Lipinski definition) is 0. The average molecular weight is 397 g/mol. The molecule has 0 aliphatic rings. The maximum absolute atomic E-state index is 13.0. The largest absolute Gasteiger partial charge is 0.497 e. The van der Waals surface area contributed by atoms with Gasteiger partial charge in [0, 0.05) is 23.3 Å². The third-order valence-electron chi connectivity index (χ3n) is 4.03. The molecular formula is C20H13F6NO. The summed E-state index contributed by atoms with van der Waals surface area (Å²) in [5.41, 5.74) is -0.564. The summed E-state index contributed by atoms with van der Waals surface area (Å²) in [6, 6.07) is 11.9. The molecule has 1 heterocycles. The fraction of sp³-hybridized carbons (Fsp3) is 0.150. The Morgan fingerprint density at radius 1 is 0.679 bits per heavy atom. The van der Waals surface area contributed by atoms with Crippen LogP contribution in [0, 0.1) is 0 Å². The van der Waals surface area contributed by atoms with E-state index in [0.29, 0.717) is 11.3 Å². The number of rotatable bonds is 3. The van der Waals surface area contributed by atoms with Crippen LogP contribution in [0.2, 0.25) is 0 Å². The predicted octanol–water partition coefficient (Wildman–Crippen LogP) is 6.46. The Morgan fingerprint density at radius 2 is 1.25 bits per heavy atom. The van der Waals surface area contributed by atoms with Gasteiger partial charge in [-0.1, -0.05) is 24.3 Å². The van der Waals surface area contributed by atoms with E-state index in [9.17, 15) is 26.3 Å². The summed E-state index contributed by atoms with van der Waals surface area (Å²) in [6.45, 7) is 0. The lowest BCUT2D eigenvalue weighted by atomic mass is 10.0. The highest BCUT2D eigenvalue weighted by atomic mass is 19.4. The van der Waals surface area contributed by atoms with E-state index in [-0.39, 0.29) is 17.0 Å². The van der Waals surface area contributed by atoms with Crippen molar-refractivity contribution >= 4 is 0 Å². The Hall–Kier alpha value is -3.03. The predicted molar refractivity (Wildman–Crippen MR) is 91.7 cm³/mol. The Labute approximate surface area is 156 Å². The summed E-state index contributed by atoms with van der Waals surface area (Å²) < 4.78 is 82.3. The molecule has 0 fully saturated rings. The van der Waals surface area contributed by atoms with Crippen molar-refractivity contribution in [2.24, 2.45) is 0 Å². The number of benzene rings is 2. The number of hydrogen-bond acceptors (Lipinski definition) is 2. The molecule has 8 heteroatoms. The summed E-state index contributed by atoms with van der Waals surface area (Å²) in [5.74, 6) is 0.317. The van der Waals surface area contributed by atoms with Crippen molar-refractivity contribution in [3.63, 3.8) is 0 Å². The van der Waals surface area contributed by atoms with Crippen LogP contribution >= 0.6 is 0 Å². The van der Waals surface area contributed by atoms with Crippen LogP contribution in [0.3, 0.4) is 0 Å². The van der Waals surface area contributed by atoms with E-state index in [4.69, 9.17) is 4.74 Å². The van der Waals surface area contributed by atoms with Crippen molar-refractivity contribution in [3.8, 4) is 28.3 Å². The number of ether oxygens (including phenoxy) is 1. The molecular weight excluding hydrogens is 384 g/mol. The van der Waals surface area contributed by atoms with Crippen LogP contribution in [0.5, 0.6) is 5.75 Å². The van der Waals surface area contributed by atoms with Gasteiger partial charge < -0.3 is 4.74 Å². The fourth-order valence-electron chi connectivity index (χ4n) is 2.60. The van der Waals surface area contributed by atoms with Crippen LogP contribution in [0.1, 0.15) is 11.1 Å². The quantitative estimate of drug-likeness (QED) is 0.473. The minimum atomic E-state index is -4.51. The van der Waals surface area contributed by atoms with Crippen LogP contribution in [0.15, 0.2) is 60.7 Å². The third-order valence-corrected chi connectivity index (χ3v) is 4.03. The second kappa shape index (κ2) is 7.18. The zero-order valence-corrected chi connectivity index (χ0v) is 14.4. The second-order valence-corrected chi connectivity index (χ2v) is 5.93. The molecule has 0 saturated carbocycles. The Morgan fingerprint density at radius 3 is 1.79 bits per heavy atom. The van der Waals surface area contributed by atoms with Crippen LogP contribution in [-0.4, -0.2) is 12.1 Å². The number of nitrogens with zero attached hydrogens (tertiary/aromatic N) is 1. The van der Waals surface area contributed by atoms with Gasteiger partial charge in [0.1, 0.15) is 5.75 Å². The molecule has 2 aromatic carbocycles. The molecule has 2 nitrogen and oxygen atoms in total. The molecule has 0 bridgehead atoms. The Bertz CT molecular complexity index is 977. The van der Waals surface area contributed by atoms with Gasteiger partial charge in [0.05, 0.1) is 29.6 Å². The normalized spacial score (nSPS) is 12.1. The lowest BCUT2D eigenvalue weighted by Gasteiger charge is -2.12. The Kier molecular flexibility index (Phi) is 5.06. The number of aromatic nitrogens is 1. The van der Waals surface area contributed by atoms with Gasteiger partial charge in [-0.15, -0.1) is 0 Å². The maximum Gasteiger partial charge on any atom is 0.416 e. The number of alkyl halides is 6. The van der Waals surface area contributed by atoms with Gasteiger partial charge in [-0.25, -0.2) is 4.98 Å². The standard InChI is InChI=1S/C20H13F6NO/c1-28-16-10-17(12-5-7-14(8-6-12)19(21,22)23)27-18(11-16)13-3-2-4-15(9-13)20(24,25)26/h2-11H,1H3. The van der Waals surface area contributed by atoms with Crippen molar-refractivity contribution in [3.05, 3.63) is 71.8 Å². The summed E-state index contributed by atoms with van der Waals surface area (Å²) in [4.78, 5) is 4.31. The summed E-state index contributed by atoms with van der Waals surface area (Å²) in [7, 11) is 1.38.